The number of nitrogens with one attached hydrogen (secondary N) is 1. The number of rotatable bonds is 3. The number of anilines is 1. The summed E-state index contributed by atoms with van der Waals surface area (Å²) in [5.74, 6) is -0.885. The minimum Gasteiger partial charge on any atom is -0.481 e. The highest BCUT2D eigenvalue weighted by Gasteiger charge is 2.15. The Hall–Kier alpha value is -2.88. The van der Waals surface area contributed by atoms with Gasteiger partial charge in [-0.2, -0.15) is 0 Å². The molecule has 0 saturated carbocycles. The van der Waals surface area contributed by atoms with E-state index >= 15 is 0 Å². The smallest absolute Gasteiger partial charge is 0.309 e. The van der Waals surface area contributed by atoms with Crippen LogP contribution < -0.4 is 5.32 Å². The highest BCUT2D eigenvalue weighted by atomic mass is 16.4. The Balaban J connectivity index is 2.10. The maximum atomic E-state index is 10.9. The maximum absolute atomic E-state index is 10.9. The van der Waals surface area contributed by atoms with Crippen LogP contribution in [0.4, 0.5) is 5.69 Å². The van der Waals surface area contributed by atoms with Crippen molar-refractivity contribution in [1.82, 2.24) is 0 Å². The summed E-state index contributed by atoms with van der Waals surface area (Å²) in [6.45, 7) is 0. The predicted molar refractivity (Wildman–Crippen MR) is 82.5 cm³/mol. The first-order valence-corrected chi connectivity index (χ1v) is 6.64. The second kappa shape index (κ2) is 5.63. The molecule has 1 heterocycles. The fourth-order valence-electron chi connectivity index (χ4n) is 2.29. The van der Waals surface area contributed by atoms with E-state index in [1.54, 1.807) is 6.20 Å². The molecule has 4 heteroatoms. The van der Waals surface area contributed by atoms with E-state index in [0.29, 0.717) is 5.70 Å². The number of hydrogen-bond donors (Lipinski definition) is 2. The van der Waals surface area contributed by atoms with Crippen LogP contribution in [0, 0.1) is 0 Å². The summed E-state index contributed by atoms with van der Waals surface area (Å²) in [7, 11) is 0. The van der Waals surface area contributed by atoms with Crippen LogP contribution in [-0.2, 0) is 4.79 Å². The molecule has 4 nitrogen and oxygen atoms in total. The minimum atomic E-state index is -0.885. The van der Waals surface area contributed by atoms with Gasteiger partial charge >= 0.3 is 5.97 Å². The van der Waals surface area contributed by atoms with Crippen LogP contribution in [0.25, 0.3) is 0 Å². The Morgan fingerprint density at radius 3 is 2.52 bits per heavy atom. The molecule has 0 spiro atoms. The fraction of sp³-hybridized carbons (Fsp3) is 0.0588. The first kappa shape index (κ1) is 13.1. The molecule has 0 amide bonds. The van der Waals surface area contributed by atoms with Gasteiger partial charge in [0, 0.05) is 28.7 Å². The largest absolute Gasteiger partial charge is 0.481 e. The van der Waals surface area contributed by atoms with Crippen molar-refractivity contribution in [2.24, 2.45) is 4.99 Å². The highest BCUT2D eigenvalue weighted by Crippen LogP contribution is 2.25. The van der Waals surface area contributed by atoms with Crippen LogP contribution in [0.1, 0.15) is 17.5 Å². The molecule has 104 valence electrons. The van der Waals surface area contributed by atoms with Crippen molar-refractivity contribution in [2.45, 2.75) is 6.42 Å². The van der Waals surface area contributed by atoms with E-state index in [4.69, 9.17) is 5.11 Å². The van der Waals surface area contributed by atoms with E-state index in [0.717, 1.165) is 22.5 Å². The van der Waals surface area contributed by atoms with Gasteiger partial charge in [0.2, 0.25) is 0 Å². The van der Waals surface area contributed by atoms with E-state index in [9.17, 15) is 4.79 Å². The number of benzene rings is 2. The van der Waals surface area contributed by atoms with Gasteiger partial charge in [0.15, 0.2) is 0 Å². The van der Waals surface area contributed by atoms with E-state index in [-0.39, 0.29) is 6.42 Å². The second-order valence-corrected chi connectivity index (χ2v) is 4.74. The van der Waals surface area contributed by atoms with Crippen LogP contribution in [0.3, 0.4) is 0 Å². The van der Waals surface area contributed by atoms with Gasteiger partial charge in [-0.3, -0.25) is 9.79 Å². The summed E-state index contributed by atoms with van der Waals surface area (Å²) in [6.07, 6.45) is 1.51. The predicted octanol–water partition coefficient (Wildman–Crippen LogP) is 3.27. The van der Waals surface area contributed by atoms with Crippen molar-refractivity contribution in [3.63, 3.8) is 0 Å². The Labute approximate surface area is 122 Å². The van der Waals surface area contributed by atoms with Crippen LogP contribution >= 0.6 is 0 Å². The molecule has 0 saturated heterocycles. The number of hydrogen-bond acceptors (Lipinski definition) is 3. The minimum absolute atomic E-state index is 0.0834. The zero-order valence-electron chi connectivity index (χ0n) is 11.3. The third kappa shape index (κ3) is 2.84. The van der Waals surface area contributed by atoms with Crippen LogP contribution in [-0.4, -0.2) is 16.8 Å². The summed E-state index contributed by atoms with van der Waals surface area (Å²) in [5, 5.41) is 12.1. The average molecular weight is 278 g/mol. The SMILES string of the molecule is O=C(O)CC1=CN=C(c2ccccc2)c2ccccc2N1. The van der Waals surface area contributed by atoms with Gasteiger partial charge in [-0.05, 0) is 6.07 Å². The fourth-order valence-corrected chi connectivity index (χ4v) is 2.29. The van der Waals surface area contributed by atoms with Crippen LogP contribution in [0.2, 0.25) is 0 Å². The Kier molecular flexibility index (Phi) is 3.51. The van der Waals surface area contributed by atoms with Gasteiger partial charge < -0.3 is 10.4 Å². The molecule has 2 N–H and O–H groups in total. The van der Waals surface area contributed by atoms with Crippen molar-refractivity contribution in [3.8, 4) is 0 Å². The van der Waals surface area contributed by atoms with Gasteiger partial charge in [0.05, 0.1) is 12.1 Å². The van der Waals surface area contributed by atoms with E-state index in [1.165, 1.54) is 0 Å². The lowest BCUT2D eigenvalue weighted by molar-refractivity contribution is -0.136. The van der Waals surface area contributed by atoms with Crippen LogP contribution in [0.15, 0.2) is 71.5 Å². The number of fused-ring (bicyclic) bond motifs is 1. The number of carboxylic acids is 1. The molecular weight excluding hydrogens is 264 g/mol. The molecule has 0 radical (unpaired) electrons. The van der Waals surface area contributed by atoms with Gasteiger partial charge in [0.1, 0.15) is 0 Å². The summed E-state index contributed by atoms with van der Waals surface area (Å²) >= 11 is 0. The van der Waals surface area contributed by atoms with Crippen molar-refractivity contribution in [3.05, 3.63) is 77.6 Å². The molecule has 0 aromatic heterocycles. The Morgan fingerprint density at radius 1 is 1.05 bits per heavy atom. The standard InChI is InChI=1S/C17H14N2O2/c20-16(21)10-13-11-18-17(12-6-2-1-3-7-12)14-8-4-5-9-15(14)19-13/h1-9,11,19H,10H2,(H,20,21). The molecule has 0 unspecified atom stereocenters. The molecule has 0 aliphatic carbocycles. The zero-order valence-corrected chi connectivity index (χ0v) is 11.3. The van der Waals surface area contributed by atoms with Crippen molar-refractivity contribution in [1.29, 1.82) is 0 Å². The van der Waals surface area contributed by atoms with E-state index < -0.39 is 5.97 Å². The molecule has 3 rings (SSSR count). The Morgan fingerprint density at radius 2 is 1.76 bits per heavy atom. The first-order chi connectivity index (χ1) is 10.2. The molecule has 1 aliphatic heterocycles. The topological polar surface area (TPSA) is 61.7 Å². The lowest BCUT2D eigenvalue weighted by Crippen LogP contribution is -2.07. The lowest BCUT2D eigenvalue weighted by Gasteiger charge is -2.11. The molecule has 1 aliphatic rings. The maximum Gasteiger partial charge on any atom is 0.309 e. The summed E-state index contributed by atoms with van der Waals surface area (Å²) in [5.41, 5.74) is 4.23. The number of aliphatic imine (C=N–C) groups is 1. The van der Waals surface area contributed by atoms with Gasteiger partial charge in [-0.15, -0.1) is 0 Å². The molecule has 0 atom stereocenters. The number of carbonyl (C=O) groups is 1. The first-order valence-electron chi connectivity index (χ1n) is 6.64. The third-order valence-corrected chi connectivity index (χ3v) is 3.22. The van der Waals surface area contributed by atoms with E-state index in [1.807, 2.05) is 54.6 Å². The quantitative estimate of drug-likeness (QED) is 0.905. The monoisotopic (exact) mass is 278 g/mol. The molecular formula is C17H14N2O2. The highest BCUT2D eigenvalue weighted by molar-refractivity contribution is 6.16. The number of aliphatic carboxylic acids is 1. The third-order valence-electron chi connectivity index (χ3n) is 3.22. The van der Waals surface area contributed by atoms with Gasteiger partial charge in [-0.1, -0.05) is 48.5 Å². The lowest BCUT2D eigenvalue weighted by atomic mass is 10.0. The van der Waals surface area contributed by atoms with Gasteiger partial charge in [0.25, 0.3) is 0 Å². The van der Waals surface area contributed by atoms with E-state index in [2.05, 4.69) is 10.3 Å². The van der Waals surface area contributed by atoms with Crippen molar-refractivity contribution < 1.29 is 9.90 Å². The number of carboxylic acid groups (broad SMARTS) is 1. The van der Waals surface area contributed by atoms with Crippen molar-refractivity contribution in [2.75, 3.05) is 5.32 Å². The molecule has 0 bridgehead atoms. The molecule has 2 aromatic rings. The molecule has 21 heavy (non-hydrogen) atoms. The summed E-state index contributed by atoms with van der Waals surface area (Å²) in [6, 6.07) is 17.6. The molecule has 2 aromatic carbocycles. The summed E-state index contributed by atoms with van der Waals surface area (Å²) < 4.78 is 0. The Bertz CT molecular complexity index is 733. The van der Waals surface area contributed by atoms with Crippen molar-refractivity contribution >= 4 is 17.4 Å². The average Bonchev–Trinajstić information content (AvgIpc) is 2.66. The second-order valence-electron chi connectivity index (χ2n) is 4.74. The molecule has 0 fully saturated rings. The van der Waals surface area contributed by atoms with Gasteiger partial charge in [-0.25, -0.2) is 0 Å². The number of para-hydroxylation sites is 1. The van der Waals surface area contributed by atoms with Crippen LogP contribution in [0.5, 0.6) is 0 Å². The number of nitrogens with zero attached hydrogens (tertiary/aromatic N) is 1. The summed E-state index contributed by atoms with van der Waals surface area (Å²) in [4.78, 5) is 15.4. The zero-order chi connectivity index (χ0) is 14.7. The normalized spacial score (nSPS) is 13.3.